The smallest absolute Gasteiger partial charge is 0.407 e. The van der Waals surface area contributed by atoms with Crippen molar-refractivity contribution in [1.29, 1.82) is 0 Å². The molecule has 7 rings (SSSR count). The quantitative estimate of drug-likeness (QED) is 0.00571. The Bertz CT molecular complexity index is 5060. The van der Waals surface area contributed by atoms with E-state index >= 15 is 0 Å². The molecule has 4 amide bonds. The molecule has 0 fully saturated rings. The average Bonchev–Trinajstić information content (AvgIpc) is 0.761. The standard InChI is InChI=1S/C44H54N4O12S2.C27H32N2O7S2.C13H25BrN2O5/c1-5-47(6-2)35-16-12-33(13-17-35)44(34-14-18-36(19-15-34)48(7-3)8-4)38-29-39(41(62(55,56)57)30-40(38)61(52,53)54)60-31-43(51)46-24-26-59-28-27-58-25-23-45-42(50)22-11-32-9-20-37(49)21-10-32;1-5-28(6-2)21-13-9-19(10-14-21)27(20-11-15-22(16-12-20)29(7-3)8-4)23-17-24(30)26(38(34,35)36)18-25(23)37(31,32)33;1-13(2,3)21-12(18)16-5-7-20-9-8-19-6-4-15-11(17)10-14/h9-22,29-30H,5-8,23-28,31H2,1-4H3,(H4-,45,46,49,50,51,52,53,54,55,56,57);9-18H,5-8H2,1-4H3,(H2-,30,31,32,33,34,35,36);4-10H2,1-3H3,(H,15,17)(H,16,18)/p+2. The minimum atomic E-state index is -5.15. The Morgan fingerprint density at radius 1 is 0.455 bits per heavy atom. The highest BCUT2D eigenvalue weighted by molar-refractivity contribution is 9.09. The number of phenolic OH excluding ortho intramolecular Hbond substituents is 2. The summed E-state index contributed by atoms with van der Waals surface area (Å²) in [5, 5.41) is 30.6. The first-order chi connectivity index (χ1) is 57.3. The van der Waals surface area contributed by atoms with Gasteiger partial charge in [0.25, 0.3) is 46.4 Å². The third-order valence-electron chi connectivity index (χ3n) is 18.0. The number of allylic oxidation sites excluding steroid dienone is 10. The first-order valence-electron chi connectivity index (χ1n) is 39.2. The van der Waals surface area contributed by atoms with Crippen molar-refractivity contribution < 1.29 is 119 Å². The largest absolute Gasteiger partial charge is 0.508 e. The number of amides is 4. The molecule has 0 heterocycles. The lowest BCUT2D eigenvalue weighted by Crippen LogP contribution is -2.34. The molecule has 32 nitrogen and oxygen atoms in total. The molecule has 2 aliphatic carbocycles. The van der Waals surface area contributed by atoms with Gasteiger partial charge in [-0.1, -0.05) is 52.3 Å². The molecule has 0 unspecified atom stereocenters. The van der Waals surface area contributed by atoms with Crippen molar-refractivity contribution >= 4 is 120 Å². The van der Waals surface area contributed by atoms with Crippen LogP contribution in [0, 0.1) is 0 Å². The van der Waals surface area contributed by atoms with Gasteiger partial charge in [0.1, 0.15) is 68.6 Å². The molecular weight excluding hydrogens is 1710 g/mol. The van der Waals surface area contributed by atoms with Gasteiger partial charge in [-0.05, 0) is 206 Å². The van der Waals surface area contributed by atoms with E-state index in [1.165, 1.54) is 18.2 Å². The first-order valence-corrected chi connectivity index (χ1v) is 46.0. The molecule has 662 valence electrons. The molecule has 0 aromatic heterocycles. The lowest BCUT2D eigenvalue weighted by molar-refractivity contribution is -0.519. The summed E-state index contributed by atoms with van der Waals surface area (Å²) in [7, 11) is -20.2. The minimum Gasteiger partial charge on any atom is -0.508 e. The van der Waals surface area contributed by atoms with Crippen LogP contribution in [-0.4, -0.2) is 255 Å². The van der Waals surface area contributed by atoms with Gasteiger partial charge in [0, 0.05) is 105 Å². The SMILES string of the molecule is CC(C)(C)OC(=O)NCCOCCOCCNC(=O)CBr.CCN(CC)c1ccc(C(=C2C=CC(=[N+](CC)CC)C=C2)c2cc(O)c(S(=O)(=O)O)cc2S(=O)(=O)O)cc1.CCN(CC)c1ccc(C(=C2C=CC(=[N+](CC)CC)C=C2)c2cc(OCC(=O)NCCOCCOCCNC(=O)/C=C/c3ccc(O)cc3)c(S(=O)(=O)O)cc2S(=O)(=O)O)cc1. The fourth-order valence-corrected chi connectivity index (χ4v) is 15.1. The normalized spacial score (nSPS) is 12.7. The van der Waals surface area contributed by atoms with Gasteiger partial charge >= 0.3 is 6.09 Å². The number of carbonyl (C=O) groups is 4. The molecule has 5 aromatic carbocycles. The van der Waals surface area contributed by atoms with E-state index in [1.54, 1.807) is 87.5 Å². The number of aromatic hydroxyl groups is 2. The van der Waals surface area contributed by atoms with Gasteiger partial charge in [-0.15, -0.1) is 0 Å². The maximum atomic E-state index is 13.0. The Morgan fingerprint density at radius 2 is 0.826 bits per heavy atom. The fraction of sp³-hybridized carbons (Fsp3) is 0.405. The summed E-state index contributed by atoms with van der Waals surface area (Å²) in [6.07, 6.45) is 17.2. The molecule has 0 radical (unpaired) electrons. The van der Waals surface area contributed by atoms with Crippen LogP contribution < -0.4 is 35.8 Å². The molecule has 0 saturated heterocycles. The van der Waals surface area contributed by atoms with Crippen LogP contribution >= 0.6 is 15.9 Å². The van der Waals surface area contributed by atoms with E-state index < -0.39 is 95.8 Å². The Kier molecular flexibility index (Phi) is 42.1. The number of benzene rings is 5. The second kappa shape index (κ2) is 50.0. The summed E-state index contributed by atoms with van der Waals surface area (Å²) in [6.45, 7) is 30.7. The Labute approximate surface area is 718 Å². The molecule has 37 heteroatoms. The zero-order valence-corrected chi connectivity index (χ0v) is 74.8. The number of halogens is 1. The van der Waals surface area contributed by atoms with Crippen LogP contribution in [0.5, 0.6) is 17.2 Å². The number of anilines is 2. The fourth-order valence-electron chi connectivity index (χ4n) is 12.1. The number of alkyl halides is 1. The second-order valence-electron chi connectivity index (χ2n) is 27.4. The van der Waals surface area contributed by atoms with Gasteiger partial charge in [-0.3, -0.25) is 32.6 Å². The monoisotopic (exact) mass is 1820 g/mol. The molecule has 0 atom stereocenters. The summed E-state index contributed by atoms with van der Waals surface area (Å²) in [5.41, 5.74) is 6.57. The number of nitrogens with one attached hydrogen (secondary N) is 4. The van der Waals surface area contributed by atoms with Crippen molar-refractivity contribution in [3.05, 3.63) is 191 Å². The highest BCUT2D eigenvalue weighted by Crippen LogP contribution is 2.42. The molecule has 0 aliphatic heterocycles. The number of ether oxygens (including phenoxy) is 6. The summed E-state index contributed by atoms with van der Waals surface area (Å²) >= 11 is 3.05. The molecule has 0 spiro atoms. The third-order valence-corrected chi connectivity index (χ3v) is 22.1. The van der Waals surface area contributed by atoms with Crippen LogP contribution in [0.25, 0.3) is 17.2 Å². The average molecular weight is 1830 g/mol. The van der Waals surface area contributed by atoms with E-state index in [9.17, 15) is 81.3 Å². The molecule has 5 aromatic rings. The van der Waals surface area contributed by atoms with E-state index in [0.717, 1.165) is 92.9 Å². The number of carbonyl (C=O) groups excluding carboxylic acids is 4. The highest BCUT2D eigenvalue weighted by atomic mass is 79.9. The predicted octanol–water partition coefficient (Wildman–Crippen LogP) is 9.72. The second-order valence-corrected chi connectivity index (χ2v) is 33.5. The summed E-state index contributed by atoms with van der Waals surface area (Å²) in [6, 6.07) is 24.2. The van der Waals surface area contributed by atoms with Crippen molar-refractivity contribution in [3.8, 4) is 17.2 Å². The van der Waals surface area contributed by atoms with Crippen LogP contribution in [0.15, 0.2) is 182 Å². The number of rotatable bonds is 42. The Hall–Kier alpha value is -9.74. The van der Waals surface area contributed by atoms with Gasteiger partial charge in [0.15, 0.2) is 18.0 Å². The van der Waals surface area contributed by atoms with Gasteiger partial charge in [0.2, 0.25) is 11.8 Å². The number of phenols is 2. The van der Waals surface area contributed by atoms with Crippen molar-refractivity contribution in [2.75, 3.05) is 153 Å². The molecular formula is C84H113BrN8O24S4+2. The zero-order chi connectivity index (χ0) is 89.7. The lowest BCUT2D eigenvalue weighted by Gasteiger charge is -2.22. The highest BCUT2D eigenvalue weighted by Gasteiger charge is 2.32. The van der Waals surface area contributed by atoms with Crippen LogP contribution in [-0.2, 0) is 78.5 Å². The lowest BCUT2D eigenvalue weighted by atomic mass is 9.90. The van der Waals surface area contributed by atoms with Crippen LogP contribution in [0.1, 0.15) is 104 Å². The number of hydrogen-bond donors (Lipinski definition) is 10. The third kappa shape index (κ3) is 33.9. The molecule has 10 N–H and O–H groups in total. The van der Waals surface area contributed by atoms with Crippen molar-refractivity contribution in [2.24, 2.45) is 0 Å². The maximum Gasteiger partial charge on any atom is 0.407 e. The molecule has 0 bridgehead atoms. The number of hydrogen-bond acceptors (Lipinski definition) is 22. The van der Waals surface area contributed by atoms with Gasteiger partial charge in [-0.2, -0.15) is 33.7 Å². The predicted molar refractivity (Wildman–Crippen MR) is 468 cm³/mol. The minimum absolute atomic E-state index is 0.0502. The van der Waals surface area contributed by atoms with Crippen LogP contribution in [0.3, 0.4) is 0 Å². The zero-order valence-electron chi connectivity index (χ0n) is 69.9. The Morgan fingerprint density at radius 3 is 1.20 bits per heavy atom. The van der Waals surface area contributed by atoms with E-state index in [2.05, 4.69) is 56.1 Å². The molecule has 0 saturated carbocycles. The van der Waals surface area contributed by atoms with Gasteiger partial charge < -0.3 is 69.7 Å². The molecule has 2 aliphatic rings. The van der Waals surface area contributed by atoms with E-state index in [4.69, 9.17) is 28.4 Å². The summed E-state index contributed by atoms with van der Waals surface area (Å²) < 4.78 is 176. The van der Waals surface area contributed by atoms with E-state index in [0.29, 0.717) is 90.4 Å². The van der Waals surface area contributed by atoms with Crippen molar-refractivity contribution in [2.45, 2.75) is 101 Å². The van der Waals surface area contributed by atoms with Crippen LogP contribution in [0.2, 0.25) is 0 Å². The maximum absolute atomic E-state index is 13.0. The number of nitrogens with zero attached hydrogens (tertiary/aromatic N) is 4. The Balaban J connectivity index is 0.000000372. The summed E-state index contributed by atoms with van der Waals surface area (Å²) in [4.78, 5) is 47.7. The van der Waals surface area contributed by atoms with Gasteiger partial charge in [0.05, 0.1) is 58.2 Å². The van der Waals surface area contributed by atoms with Crippen molar-refractivity contribution in [3.63, 3.8) is 0 Å². The summed E-state index contributed by atoms with van der Waals surface area (Å²) in [5.74, 6) is -2.30. The first kappa shape index (κ1) is 102. The van der Waals surface area contributed by atoms with Crippen molar-refractivity contribution in [1.82, 2.24) is 21.3 Å². The van der Waals surface area contributed by atoms with E-state index in [-0.39, 0.29) is 68.2 Å². The van der Waals surface area contributed by atoms with Crippen LogP contribution in [0.4, 0.5) is 16.2 Å². The van der Waals surface area contributed by atoms with E-state index in [1.807, 2.05) is 104 Å². The molecule has 121 heavy (non-hydrogen) atoms. The number of alkyl carbamates (subject to hydrolysis) is 1. The topological polar surface area (TPSA) is 442 Å². The van der Waals surface area contributed by atoms with Gasteiger partial charge in [-0.25, -0.2) is 13.9 Å².